The standard InChI is InChI=1S/C25H24N4O5S/c1-3-34-22-16-10-9-15-21(22)29(35(32,33)18-11-5-4-6-12-18)17-23(30)26-27-24-19-13-7-8-14-20(19)28(2)25(24)31/h4-16,31H,3,17H2,1-2H3. The molecular weight excluding hydrogens is 468 g/mol. The van der Waals surface area contributed by atoms with Crippen LogP contribution >= 0.6 is 0 Å². The number of sulfonamides is 1. The maximum absolute atomic E-state index is 13.5. The summed E-state index contributed by atoms with van der Waals surface area (Å²) in [6, 6.07) is 21.5. The second-order valence-electron chi connectivity index (χ2n) is 7.57. The number of amides is 1. The molecule has 1 amide bonds. The van der Waals surface area contributed by atoms with Crippen LogP contribution in [0.2, 0.25) is 0 Å². The highest BCUT2D eigenvalue weighted by Gasteiger charge is 2.29. The van der Waals surface area contributed by atoms with Crippen molar-refractivity contribution < 1.29 is 23.1 Å². The van der Waals surface area contributed by atoms with Gasteiger partial charge < -0.3 is 14.4 Å². The highest BCUT2D eigenvalue weighted by molar-refractivity contribution is 7.92. The molecule has 0 unspecified atom stereocenters. The molecule has 0 aliphatic heterocycles. The quantitative estimate of drug-likeness (QED) is 0.355. The molecule has 4 rings (SSSR count). The summed E-state index contributed by atoms with van der Waals surface area (Å²) in [5.41, 5.74) is 1.05. The number of para-hydroxylation sites is 3. The van der Waals surface area contributed by atoms with E-state index in [1.54, 1.807) is 74.6 Å². The molecule has 35 heavy (non-hydrogen) atoms. The number of aromatic hydroxyl groups is 1. The van der Waals surface area contributed by atoms with Crippen molar-refractivity contribution in [1.29, 1.82) is 0 Å². The molecule has 10 heteroatoms. The van der Waals surface area contributed by atoms with E-state index in [1.165, 1.54) is 16.7 Å². The number of azo groups is 1. The number of benzene rings is 3. The molecule has 1 N–H and O–H groups in total. The second kappa shape index (κ2) is 9.98. The minimum atomic E-state index is -4.13. The molecule has 0 atom stereocenters. The predicted molar refractivity (Wildman–Crippen MR) is 133 cm³/mol. The van der Waals surface area contributed by atoms with Gasteiger partial charge in [-0.25, -0.2) is 8.42 Å². The number of carbonyl (C=O) groups excluding carboxylic acids is 1. The smallest absolute Gasteiger partial charge is 0.285 e. The van der Waals surface area contributed by atoms with E-state index in [9.17, 15) is 18.3 Å². The summed E-state index contributed by atoms with van der Waals surface area (Å²) in [4.78, 5) is 12.9. The van der Waals surface area contributed by atoms with Gasteiger partial charge in [0.15, 0.2) is 5.69 Å². The van der Waals surface area contributed by atoms with E-state index in [0.717, 1.165) is 4.31 Å². The van der Waals surface area contributed by atoms with Crippen molar-refractivity contribution in [3.8, 4) is 11.6 Å². The van der Waals surface area contributed by atoms with Crippen LogP contribution in [-0.4, -0.2) is 37.2 Å². The summed E-state index contributed by atoms with van der Waals surface area (Å²) < 4.78 is 35.2. The summed E-state index contributed by atoms with van der Waals surface area (Å²) in [6.07, 6.45) is 0. The third-order valence-electron chi connectivity index (χ3n) is 5.36. The number of hydrogen-bond donors (Lipinski definition) is 1. The Morgan fingerprint density at radius 2 is 1.66 bits per heavy atom. The topological polar surface area (TPSA) is 114 Å². The van der Waals surface area contributed by atoms with Crippen LogP contribution in [0, 0.1) is 0 Å². The summed E-state index contributed by atoms with van der Waals surface area (Å²) in [5.74, 6) is -0.660. The van der Waals surface area contributed by atoms with Crippen molar-refractivity contribution in [2.75, 3.05) is 17.5 Å². The second-order valence-corrected chi connectivity index (χ2v) is 9.43. The van der Waals surface area contributed by atoms with Crippen LogP contribution < -0.4 is 9.04 Å². The Hall–Kier alpha value is -4.18. The fraction of sp³-hybridized carbons (Fsp3) is 0.160. The highest BCUT2D eigenvalue weighted by Crippen LogP contribution is 2.38. The maximum Gasteiger partial charge on any atom is 0.285 e. The molecule has 0 saturated heterocycles. The molecule has 0 fully saturated rings. The summed E-state index contributed by atoms with van der Waals surface area (Å²) >= 11 is 0. The largest absolute Gasteiger partial charge is 0.493 e. The van der Waals surface area contributed by atoms with E-state index in [-0.39, 0.29) is 22.2 Å². The van der Waals surface area contributed by atoms with Crippen LogP contribution in [0.5, 0.6) is 11.6 Å². The van der Waals surface area contributed by atoms with Crippen molar-refractivity contribution >= 4 is 38.2 Å². The first kappa shape index (κ1) is 24.0. The fourth-order valence-corrected chi connectivity index (χ4v) is 5.12. The van der Waals surface area contributed by atoms with Crippen molar-refractivity contribution in [3.05, 3.63) is 78.9 Å². The summed E-state index contributed by atoms with van der Waals surface area (Å²) in [6.45, 7) is 1.48. The molecule has 1 aromatic heterocycles. The number of ether oxygens (including phenoxy) is 1. The Bertz CT molecular complexity index is 1500. The average Bonchev–Trinajstić information content (AvgIpc) is 3.12. The van der Waals surface area contributed by atoms with Crippen molar-refractivity contribution in [3.63, 3.8) is 0 Å². The zero-order valence-electron chi connectivity index (χ0n) is 19.2. The van der Waals surface area contributed by atoms with E-state index in [4.69, 9.17) is 4.74 Å². The van der Waals surface area contributed by atoms with Crippen LogP contribution in [0.25, 0.3) is 10.9 Å². The Morgan fingerprint density at radius 3 is 2.40 bits per heavy atom. The van der Waals surface area contributed by atoms with E-state index < -0.39 is 22.5 Å². The first-order chi connectivity index (χ1) is 16.8. The highest BCUT2D eigenvalue weighted by atomic mass is 32.2. The fourth-order valence-electron chi connectivity index (χ4n) is 3.68. The first-order valence-electron chi connectivity index (χ1n) is 10.8. The molecule has 0 aliphatic carbocycles. The number of aromatic nitrogens is 1. The van der Waals surface area contributed by atoms with Gasteiger partial charge in [-0.05, 0) is 37.3 Å². The minimum Gasteiger partial charge on any atom is -0.493 e. The van der Waals surface area contributed by atoms with Gasteiger partial charge in [-0.1, -0.05) is 48.5 Å². The number of hydrogen-bond acceptors (Lipinski definition) is 6. The molecule has 9 nitrogen and oxygen atoms in total. The molecule has 180 valence electrons. The lowest BCUT2D eigenvalue weighted by Gasteiger charge is -2.25. The Labute approximate surface area is 203 Å². The van der Waals surface area contributed by atoms with E-state index in [0.29, 0.717) is 23.3 Å². The van der Waals surface area contributed by atoms with Gasteiger partial charge in [0.05, 0.1) is 22.7 Å². The maximum atomic E-state index is 13.5. The van der Waals surface area contributed by atoms with Gasteiger partial charge in [0.2, 0.25) is 5.88 Å². The van der Waals surface area contributed by atoms with E-state index >= 15 is 0 Å². The van der Waals surface area contributed by atoms with Crippen LogP contribution in [0.1, 0.15) is 6.92 Å². The summed E-state index contributed by atoms with van der Waals surface area (Å²) in [5, 5.41) is 18.8. The van der Waals surface area contributed by atoms with Gasteiger partial charge in [0, 0.05) is 12.4 Å². The van der Waals surface area contributed by atoms with Crippen molar-refractivity contribution in [1.82, 2.24) is 4.57 Å². The minimum absolute atomic E-state index is 0.0164. The third-order valence-corrected chi connectivity index (χ3v) is 7.13. The molecule has 0 saturated carbocycles. The molecule has 1 heterocycles. The van der Waals surface area contributed by atoms with Gasteiger partial charge >= 0.3 is 0 Å². The summed E-state index contributed by atoms with van der Waals surface area (Å²) in [7, 11) is -2.47. The molecule has 0 radical (unpaired) electrons. The number of aryl methyl sites for hydroxylation is 1. The Morgan fingerprint density at radius 1 is 1.00 bits per heavy atom. The molecule has 4 aromatic rings. The average molecular weight is 493 g/mol. The SMILES string of the molecule is CCOc1ccccc1N(CC(=O)N=Nc1c(O)n(C)c2ccccc12)S(=O)(=O)c1ccccc1. The molecule has 0 aliphatic rings. The van der Waals surface area contributed by atoms with Crippen LogP contribution in [0.15, 0.2) is 94.0 Å². The van der Waals surface area contributed by atoms with Crippen molar-refractivity contribution in [2.45, 2.75) is 11.8 Å². The van der Waals surface area contributed by atoms with Gasteiger partial charge in [-0.3, -0.25) is 9.10 Å². The van der Waals surface area contributed by atoms with Crippen LogP contribution in [-0.2, 0) is 21.9 Å². The van der Waals surface area contributed by atoms with Crippen LogP contribution in [0.4, 0.5) is 11.4 Å². The molecule has 0 spiro atoms. The first-order valence-corrected chi connectivity index (χ1v) is 12.3. The van der Waals surface area contributed by atoms with Crippen molar-refractivity contribution in [2.24, 2.45) is 17.3 Å². The zero-order chi connectivity index (χ0) is 25.0. The van der Waals surface area contributed by atoms with E-state index in [1.807, 2.05) is 6.07 Å². The number of fused-ring (bicyclic) bond motifs is 1. The molecule has 0 bridgehead atoms. The van der Waals surface area contributed by atoms with Gasteiger partial charge in [-0.15, -0.1) is 10.2 Å². The lowest BCUT2D eigenvalue weighted by Crippen LogP contribution is -2.35. The monoisotopic (exact) mass is 492 g/mol. The zero-order valence-corrected chi connectivity index (χ0v) is 20.0. The normalized spacial score (nSPS) is 11.7. The van der Waals surface area contributed by atoms with Gasteiger partial charge in [0.1, 0.15) is 12.3 Å². The van der Waals surface area contributed by atoms with Gasteiger partial charge in [-0.2, -0.15) is 0 Å². The predicted octanol–water partition coefficient (Wildman–Crippen LogP) is 4.79. The third kappa shape index (κ3) is 4.73. The lowest BCUT2D eigenvalue weighted by atomic mass is 10.2. The molecular formula is C25H24N4O5S. The van der Waals surface area contributed by atoms with E-state index in [2.05, 4.69) is 10.2 Å². The Kier molecular flexibility index (Phi) is 6.83. The van der Waals surface area contributed by atoms with Crippen LogP contribution in [0.3, 0.4) is 0 Å². The number of nitrogens with zero attached hydrogens (tertiary/aromatic N) is 4. The molecule has 3 aromatic carbocycles. The number of rotatable bonds is 8. The number of carbonyl (C=O) groups is 1. The van der Waals surface area contributed by atoms with Gasteiger partial charge in [0.25, 0.3) is 15.9 Å². The Balaban J connectivity index is 1.72. The number of anilines is 1. The lowest BCUT2D eigenvalue weighted by molar-refractivity contribution is -0.116.